The van der Waals surface area contributed by atoms with Crippen LogP contribution in [0.5, 0.6) is 0 Å². The first-order valence-corrected chi connectivity index (χ1v) is 6.01. The first kappa shape index (κ1) is 14.2. The van der Waals surface area contributed by atoms with Gasteiger partial charge in [0.1, 0.15) is 5.78 Å². The van der Waals surface area contributed by atoms with Crippen molar-refractivity contribution in [2.75, 3.05) is 0 Å². The van der Waals surface area contributed by atoms with Crippen LogP contribution in [0.3, 0.4) is 0 Å². The van der Waals surface area contributed by atoms with Crippen molar-refractivity contribution >= 4 is 5.78 Å². The highest BCUT2D eigenvalue weighted by Gasteiger charge is 2.44. The van der Waals surface area contributed by atoms with Crippen molar-refractivity contribution in [3.05, 3.63) is 17.4 Å². The van der Waals surface area contributed by atoms with Crippen LogP contribution in [0.1, 0.15) is 47.0 Å². The minimum absolute atomic E-state index is 0.0754. The molecule has 0 aromatic carbocycles. The quantitative estimate of drug-likeness (QED) is 0.723. The molecule has 2 atom stereocenters. The standard InChI is InChI=1S/C14H22O3/c1-10(15)6-5-7-12-13(2,3)8-11(16)9-14(12,4)17/h5,11,16-17H,6,8-9H2,1-4H3. The molecule has 0 amide bonds. The Bertz CT molecular complexity index is 351. The molecule has 1 fully saturated rings. The summed E-state index contributed by atoms with van der Waals surface area (Å²) < 4.78 is 0. The van der Waals surface area contributed by atoms with E-state index in [0.29, 0.717) is 19.3 Å². The first-order valence-electron chi connectivity index (χ1n) is 6.01. The summed E-state index contributed by atoms with van der Waals surface area (Å²) in [5.74, 6) is 0.0754. The van der Waals surface area contributed by atoms with Gasteiger partial charge >= 0.3 is 0 Å². The van der Waals surface area contributed by atoms with Crippen molar-refractivity contribution < 1.29 is 15.0 Å². The summed E-state index contributed by atoms with van der Waals surface area (Å²) in [7, 11) is 0. The third-order valence-corrected chi connectivity index (χ3v) is 3.23. The molecule has 0 aromatic heterocycles. The van der Waals surface area contributed by atoms with Gasteiger partial charge in [-0.1, -0.05) is 13.8 Å². The maximum Gasteiger partial charge on any atom is 0.134 e. The smallest absolute Gasteiger partial charge is 0.134 e. The number of aliphatic hydroxyl groups is 2. The average molecular weight is 238 g/mol. The zero-order valence-electron chi connectivity index (χ0n) is 11.1. The highest BCUT2D eigenvalue weighted by Crippen LogP contribution is 2.45. The third-order valence-electron chi connectivity index (χ3n) is 3.23. The molecular formula is C14H22O3. The van der Waals surface area contributed by atoms with Gasteiger partial charge in [-0.3, -0.25) is 4.79 Å². The monoisotopic (exact) mass is 238 g/mol. The minimum Gasteiger partial charge on any atom is -0.393 e. The van der Waals surface area contributed by atoms with E-state index >= 15 is 0 Å². The van der Waals surface area contributed by atoms with Gasteiger partial charge in [0, 0.05) is 18.4 Å². The molecule has 0 aromatic rings. The normalized spacial score (nSPS) is 31.9. The van der Waals surface area contributed by atoms with Crippen molar-refractivity contribution in [1.29, 1.82) is 0 Å². The fourth-order valence-electron chi connectivity index (χ4n) is 2.70. The van der Waals surface area contributed by atoms with Crippen LogP contribution in [0.4, 0.5) is 0 Å². The molecule has 0 bridgehead atoms. The number of rotatable bonds is 2. The second kappa shape index (κ2) is 4.77. The van der Waals surface area contributed by atoms with Crippen LogP contribution in [-0.4, -0.2) is 27.7 Å². The SMILES string of the molecule is CC(=O)CC=C=C1C(C)(C)CC(O)CC1(C)O. The molecule has 3 heteroatoms. The summed E-state index contributed by atoms with van der Waals surface area (Å²) in [6.45, 7) is 7.18. The van der Waals surface area contributed by atoms with Gasteiger partial charge in [0.2, 0.25) is 0 Å². The molecule has 2 N–H and O–H groups in total. The molecule has 0 saturated heterocycles. The number of aliphatic hydroxyl groups excluding tert-OH is 1. The summed E-state index contributed by atoms with van der Waals surface area (Å²) in [4.78, 5) is 10.9. The van der Waals surface area contributed by atoms with Gasteiger partial charge in [-0.25, -0.2) is 0 Å². The Balaban J connectivity index is 3.08. The Hall–Kier alpha value is -0.890. The molecule has 2 unspecified atom stereocenters. The molecule has 0 aliphatic heterocycles. The second-order valence-electron chi connectivity index (χ2n) is 5.85. The van der Waals surface area contributed by atoms with Crippen molar-refractivity contribution in [2.24, 2.45) is 5.41 Å². The average Bonchev–Trinajstić information content (AvgIpc) is 2.06. The van der Waals surface area contributed by atoms with Crippen LogP contribution in [0.25, 0.3) is 0 Å². The predicted octanol–water partition coefficient (Wildman–Crippen LogP) is 1.98. The molecule has 17 heavy (non-hydrogen) atoms. The molecule has 1 aliphatic carbocycles. The number of hydrogen-bond acceptors (Lipinski definition) is 3. The summed E-state index contributed by atoms with van der Waals surface area (Å²) in [5.41, 5.74) is 2.49. The zero-order valence-corrected chi connectivity index (χ0v) is 11.1. The van der Waals surface area contributed by atoms with E-state index in [-0.39, 0.29) is 11.2 Å². The molecule has 96 valence electrons. The van der Waals surface area contributed by atoms with Crippen molar-refractivity contribution in [2.45, 2.75) is 58.7 Å². The van der Waals surface area contributed by atoms with E-state index < -0.39 is 11.7 Å². The maximum absolute atomic E-state index is 10.9. The maximum atomic E-state index is 10.9. The predicted molar refractivity (Wildman–Crippen MR) is 66.5 cm³/mol. The summed E-state index contributed by atoms with van der Waals surface area (Å²) in [6, 6.07) is 0. The van der Waals surface area contributed by atoms with Gasteiger partial charge in [0.25, 0.3) is 0 Å². The number of hydrogen-bond donors (Lipinski definition) is 2. The molecule has 3 nitrogen and oxygen atoms in total. The Morgan fingerprint density at radius 2 is 2.06 bits per heavy atom. The first-order chi connectivity index (χ1) is 7.65. The van der Waals surface area contributed by atoms with Crippen LogP contribution >= 0.6 is 0 Å². The lowest BCUT2D eigenvalue weighted by Gasteiger charge is -2.43. The molecule has 0 spiro atoms. The Kier molecular flexibility index (Phi) is 3.98. The highest BCUT2D eigenvalue weighted by atomic mass is 16.3. The van der Waals surface area contributed by atoms with Crippen molar-refractivity contribution in [1.82, 2.24) is 0 Å². The largest absolute Gasteiger partial charge is 0.393 e. The highest BCUT2D eigenvalue weighted by molar-refractivity contribution is 5.76. The van der Waals surface area contributed by atoms with Crippen LogP contribution in [0.2, 0.25) is 0 Å². The fraction of sp³-hybridized carbons (Fsp3) is 0.714. The van der Waals surface area contributed by atoms with Crippen molar-refractivity contribution in [3.63, 3.8) is 0 Å². The van der Waals surface area contributed by atoms with E-state index in [2.05, 4.69) is 5.73 Å². The van der Waals surface area contributed by atoms with E-state index in [9.17, 15) is 15.0 Å². The van der Waals surface area contributed by atoms with E-state index in [1.54, 1.807) is 13.0 Å². The molecule has 1 rings (SSSR count). The number of Topliss-reactive ketones (excluding diaryl/α,β-unsaturated/α-hetero) is 1. The Morgan fingerprint density at radius 3 is 2.53 bits per heavy atom. The van der Waals surface area contributed by atoms with Crippen LogP contribution < -0.4 is 0 Å². The van der Waals surface area contributed by atoms with Gasteiger partial charge in [0.15, 0.2) is 0 Å². The lowest BCUT2D eigenvalue weighted by atomic mass is 9.65. The summed E-state index contributed by atoms with van der Waals surface area (Å²) in [6.07, 6.45) is 2.45. The summed E-state index contributed by atoms with van der Waals surface area (Å²) >= 11 is 0. The second-order valence-corrected chi connectivity index (χ2v) is 5.85. The van der Waals surface area contributed by atoms with E-state index in [4.69, 9.17) is 0 Å². The van der Waals surface area contributed by atoms with Gasteiger partial charge in [-0.05, 0) is 31.8 Å². The number of carbonyl (C=O) groups excluding carboxylic acids is 1. The van der Waals surface area contributed by atoms with E-state index in [1.165, 1.54) is 6.92 Å². The zero-order chi connectivity index (χ0) is 13.3. The van der Waals surface area contributed by atoms with Gasteiger partial charge in [0.05, 0.1) is 11.7 Å². The Morgan fingerprint density at radius 1 is 1.47 bits per heavy atom. The molecule has 1 aliphatic rings. The van der Waals surface area contributed by atoms with E-state index in [0.717, 1.165) is 5.57 Å². The number of carbonyl (C=O) groups is 1. The molecule has 0 heterocycles. The number of ketones is 1. The summed E-state index contributed by atoms with van der Waals surface area (Å²) in [5, 5.41) is 20.1. The Labute approximate surface area is 103 Å². The topological polar surface area (TPSA) is 57.5 Å². The van der Waals surface area contributed by atoms with Crippen LogP contribution in [0.15, 0.2) is 17.4 Å². The minimum atomic E-state index is -1.05. The molecule has 1 saturated carbocycles. The van der Waals surface area contributed by atoms with Gasteiger partial charge < -0.3 is 10.2 Å². The van der Waals surface area contributed by atoms with Crippen LogP contribution in [0, 0.1) is 5.41 Å². The molecule has 0 radical (unpaired) electrons. The van der Waals surface area contributed by atoms with Gasteiger partial charge in [-0.2, -0.15) is 0 Å². The third kappa shape index (κ3) is 3.53. The lowest BCUT2D eigenvalue weighted by molar-refractivity contribution is -0.116. The van der Waals surface area contributed by atoms with Crippen molar-refractivity contribution in [3.8, 4) is 0 Å². The fourth-order valence-corrected chi connectivity index (χ4v) is 2.70. The molecular weight excluding hydrogens is 216 g/mol. The lowest BCUT2D eigenvalue weighted by Crippen LogP contribution is -2.45. The van der Waals surface area contributed by atoms with E-state index in [1.807, 2.05) is 13.8 Å². The van der Waals surface area contributed by atoms with Gasteiger partial charge in [-0.15, -0.1) is 5.73 Å². The van der Waals surface area contributed by atoms with Crippen LogP contribution in [-0.2, 0) is 4.79 Å².